The Morgan fingerprint density at radius 2 is 1.79 bits per heavy atom. The van der Waals surface area contributed by atoms with Crippen LogP contribution < -0.4 is 10.0 Å². The third-order valence-corrected chi connectivity index (χ3v) is 8.50. The summed E-state index contributed by atoms with van der Waals surface area (Å²) in [6.07, 6.45) is 4.07. The summed E-state index contributed by atoms with van der Waals surface area (Å²) in [4.78, 5) is 14.7. The number of imidazole rings is 1. The van der Waals surface area contributed by atoms with E-state index in [1.54, 1.807) is 36.5 Å². The van der Waals surface area contributed by atoms with Gasteiger partial charge in [0.2, 0.25) is 16.0 Å². The first kappa shape index (κ1) is 25.1. The van der Waals surface area contributed by atoms with E-state index in [0.717, 1.165) is 16.0 Å². The number of benzene rings is 3. The molecule has 39 heavy (non-hydrogen) atoms. The molecule has 8 nitrogen and oxygen atoms in total. The highest BCUT2D eigenvalue weighted by atomic mass is 32.2. The van der Waals surface area contributed by atoms with Crippen molar-refractivity contribution in [2.45, 2.75) is 11.3 Å². The van der Waals surface area contributed by atoms with E-state index in [1.807, 2.05) is 46.3 Å². The maximum atomic E-state index is 14.0. The molecular formula is C28H23FN6O2S2. The summed E-state index contributed by atoms with van der Waals surface area (Å²) >= 11 is 1.48. The normalized spacial score (nSPS) is 11.8. The summed E-state index contributed by atoms with van der Waals surface area (Å²) < 4.78 is 44.4. The minimum Gasteiger partial charge on any atom is -0.354 e. The minimum absolute atomic E-state index is 0.250. The summed E-state index contributed by atoms with van der Waals surface area (Å²) in [6, 6.07) is 20.8. The molecule has 0 bridgehead atoms. The number of anilines is 1. The second-order valence-electron chi connectivity index (χ2n) is 8.80. The Morgan fingerprint density at radius 1 is 0.949 bits per heavy atom. The van der Waals surface area contributed by atoms with Gasteiger partial charge < -0.3 is 5.32 Å². The molecule has 0 spiro atoms. The van der Waals surface area contributed by atoms with Gasteiger partial charge in [-0.1, -0.05) is 48.5 Å². The maximum absolute atomic E-state index is 14.0. The van der Waals surface area contributed by atoms with Crippen LogP contribution in [0, 0.1) is 5.82 Å². The zero-order valence-corrected chi connectivity index (χ0v) is 22.2. The topological polar surface area (TPSA) is 101 Å². The largest absolute Gasteiger partial charge is 0.354 e. The van der Waals surface area contributed by atoms with Crippen LogP contribution in [0.2, 0.25) is 0 Å². The molecule has 0 fully saturated rings. The number of hydrogen-bond acceptors (Lipinski definition) is 7. The van der Waals surface area contributed by atoms with E-state index in [0.29, 0.717) is 41.3 Å². The Balaban J connectivity index is 1.15. The molecule has 0 saturated heterocycles. The second kappa shape index (κ2) is 10.5. The van der Waals surface area contributed by atoms with E-state index in [1.165, 1.54) is 23.5 Å². The lowest BCUT2D eigenvalue weighted by atomic mass is 10.1. The number of hydrogen-bond donors (Lipinski definition) is 2. The van der Waals surface area contributed by atoms with Crippen LogP contribution in [0.25, 0.3) is 38.4 Å². The summed E-state index contributed by atoms with van der Waals surface area (Å²) in [6.45, 7) is 0.707. The first-order valence-corrected chi connectivity index (χ1v) is 14.6. The number of rotatable bonds is 9. The summed E-state index contributed by atoms with van der Waals surface area (Å²) in [5.41, 5.74) is 2.67. The van der Waals surface area contributed by atoms with Crippen LogP contribution in [0.5, 0.6) is 0 Å². The van der Waals surface area contributed by atoms with Gasteiger partial charge >= 0.3 is 0 Å². The Bertz CT molecular complexity index is 1900. The van der Waals surface area contributed by atoms with Crippen LogP contribution in [0.1, 0.15) is 6.42 Å². The zero-order chi connectivity index (χ0) is 26.8. The lowest BCUT2D eigenvalue weighted by Gasteiger charge is -2.10. The van der Waals surface area contributed by atoms with Crippen LogP contribution in [-0.2, 0) is 10.0 Å². The lowest BCUT2D eigenvalue weighted by Crippen LogP contribution is -2.26. The molecule has 0 aliphatic carbocycles. The number of thiazole rings is 1. The van der Waals surface area contributed by atoms with E-state index in [2.05, 4.69) is 20.0 Å². The SMILES string of the molecule is O=S(=O)(NCCCNc1nccc(-c2c(-c3cccc(F)c3)nc3sccn23)n1)c1cccc2ccccc12. The molecule has 2 N–H and O–H groups in total. The molecule has 11 heteroatoms. The Hall–Kier alpha value is -4.19. The van der Waals surface area contributed by atoms with Crippen molar-refractivity contribution in [3.63, 3.8) is 0 Å². The number of fused-ring (bicyclic) bond motifs is 2. The smallest absolute Gasteiger partial charge is 0.241 e. The predicted octanol–water partition coefficient (Wildman–Crippen LogP) is 5.59. The van der Waals surface area contributed by atoms with Crippen molar-refractivity contribution in [2.24, 2.45) is 0 Å². The molecule has 0 unspecified atom stereocenters. The van der Waals surface area contributed by atoms with Gasteiger partial charge in [-0.3, -0.25) is 4.40 Å². The fraction of sp³-hybridized carbons (Fsp3) is 0.107. The van der Waals surface area contributed by atoms with Crippen molar-refractivity contribution in [1.82, 2.24) is 24.1 Å². The Labute approximate surface area is 228 Å². The quantitative estimate of drug-likeness (QED) is 0.224. The van der Waals surface area contributed by atoms with Crippen LogP contribution in [0.3, 0.4) is 0 Å². The molecule has 3 aromatic carbocycles. The molecule has 0 aliphatic rings. The molecule has 0 amide bonds. The van der Waals surface area contributed by atoms with Crippen molar-refractivity contribution in [3.05, 3.63) is 96.4 Å². The van der Waals surface area contributed by atoms with Crippen LogP contribution in [0.15, 0.2) is 95.5 Å². The van der Waals surface area contributed by atoms with Crippen LogP contribution in [0.4, 0.5) is 10.3 Å². The molecule has 0 radical (unpaired) electrons. The number of halogens is 1. The van der Waals surface area contributed by atoms with E-state index in [-0.39, 0.29) is 17.3 Å². The van der Waals surface area contributed by atoms with Gasteiger partial charge in [-0.25, -0.2) is 32.5 Å². The first-order valence-electron chi connectivity index (χ1n) is 12.3. The number of nitrogens with one attached hydrogen (secondary N) is 2. The Morgan fingerprint density at radius 3 is 2.69 bits per heavy atom. The van der Waals surface area contributed by atoms with E-state index in [9.17, 15) is 12.8 Å². The van der Waals surface area contributed by atoms with Crippen LogP contribution in [-0.4, -0.2) is 40.9 Å². The van der Waals surface area contributed by atoms with Crippen molar-refractivity contribution < 1.29 is 12.8 Å². The van der Waals surface area contributed by atoms with Crippen LogP contribution >= 0.6 is 11.3 Å². The highest BCUT2D eigenvalue weighted by Crippen LogP contribution is 2.33. The predicted molar refractivity (Wildman–Crippen MR) is 152 cm³/mol. The second-order valence-corrected chi connectivity index (χ2v) is 11.4. The van der Waals surface area contributed by atoms with Gasteiger partial charge in [0, 0.05) is 41.8 Å². The van der Waals surface area contributed by atoms with E-state index in [4.69, 9.17) is 4.98 Å². The summed E-state index contributed by atoms with van der Waals surface area (Å²) in [7, 11) is -3.66. The number of aromatic nitrogens is 4. The summed E-state index contributed by atoms with van der Waals surface area (Å²) in [5.74, 6) is 0.0655. The standard InChI is InChI=1S/C28H23FN6O2S2/c29-21-9-3-8-20(18-21)25-26(35-16-17-38-28(35)34-25)23-12-15-31-27(33-23)30-13-5-14-32-39(36,37)24-11-4-7-19-6-1-2-10-22(19)24/h1-4,6-12,15-18,32H,5,13-14H2,(H,30,31,33). The maximum Gasteiger partial charge on any atom is 0.241 e. The van der Waals surface area contributed by atoms with Crippen molar-refractivity contribution in [1.29, 1.82) is 0 Å². The fourth-order valence-electron chi connectivity index (χ4n) is 4.45. The molecule has 0 atom stereocenters. The fourth-order valence-corrected chi connectivity index (χ4v) is 6.46. The molecule has 6 rings (SSSR count). The van der Waals surface area contributed by atoms with E-state index >= 15 is 0 Å². The molecule has 0 saturated carbocycles. The highest BCUT2D eigenvalue weighted by Gasteiger charge is 2.19. The van der Waals surface area contributed by atoms with Gasteiger partial charge in [-0.15, -0.1) is 11.3 Å². The van der Waals surface area contributed by atoms with Crippen molar-refractivity contribution >= 4 is 43.0 Å². The highest BCUT2D eigenvalue weighted by molar-refractivity contribution is 7.89. The molecule has 3 heterocycles. The average Bonchev–Trinajstić information content (AvgIpc) is 3.54. The molecule has 3 aromatic heterocycles. The number of sulfonamides is 1. The van der Waals surface area contributed by atoms with Gasteiger partial charge in [-0.05, 0) is 36.1 Å². The molecule has 0 aliphatic heterocycles. The van der Waals surface area contributed by atoms with Gasteiger partial charge in [-0.2, -0.15) is 0 Å². The lowest BCUT2D eigenvalue weighted by molar-refractivity contribution is 0.581. The molecule has 6 aromatic rings. The van der Waals surface area contributed by atoms with Gasteiger partial charge in [0.1, 0.15) is 11.5 Å². The third kappa shape index (κ3) is 5.11. The van der Waals surface area contributed by atoms with E-state index < -0.39 is 10.0 Å². The van der Waals surface area contributed by atoms with Crippen molar-refractivity contribution in [2.75, 3.05) is 18.4 Å². The van der Waals surface area contributed by atoms with Gasteiger partial charge in [0.15, 0.2) is 4.96 Å². The minimum atomic E-state index is -3.66. The number of nitrogens with zero attached hydrogens (tertiary/aromatic N) is 4. The average molecular weight is 559 g/mol. The third-order valence-electron chi connectivity index (χ3n) is 6.23. The van der Waals surface area contributed by atoms with Gasteiger partial charge in [0.25, 0.3) is 0 Å². The molecule has 196 valence electrons. The Kier molecular flexibility index (Phi) is 6.77. The first-order chi connectivity index (χ1) is 19.0. The monoisotopic (exact) mass is 558 g/mol. The van der Waals surface area contributed by atoms with Gasteiger partial charge in [0.05, 0.1) is 16.3 Å². The zero-order valence-electron chi connectivity index (χ0n) is 20.6. The molecular weight excluding hydrogens is 535 g/mol. The summed E-state index contributed by atoms with van der Waals surface area (Å²) in [5, 5.41) is 6.66. The van der Waals surface area contributed by atoms with Crippen molar-refractivity contribution in [3.8, 4) is 22.6 Å².